The first-order chi connectivity index (χ1) is 12.5. The Hall–Kier alpha value is -2.93. The second-order valence-corrected chi connectivity index (χ2v) is 6.12. The van der Waals surface area contributed by atoms with E-state index in [1.807, 2.05) is 0 Å². The van der Waals surface area contributed by atoms with Crippen LogP contribution in [0.25, 0.3) is 0 Å². The molecule has 0 aromatic heterocycles. The van der Waals surface area contributed by atoms with E-state index in [2.05, 4.69) is 16.0 Å². The number of hydrogen-bond donors (Lipinski definition) is 2. The predicted octanol–water partition coefficient (Wildman–Crippen LogP) is 2.36. The van der Waals surface area contributed by atoms with Gasteiger partial charge in [0.1, 0.15) is 5.82 Å². The zero-order chi connectivity index (χ0) is 18.5. The van der Waals surface area contributed by atoms with Crippen LogP contribution in [0.15, 0.2) is 53.7 Å². The first-order valence-electron chi connectivity index (χ1n) is 7.83. The number of benzene rings is 2. The quantitative estimate of drug-likeness (QED) is 0.805. The van der Waals surface area contributed by atoms with Crippen molar-refractivity contribution in [1.29, 1.82) is 0 Å². The Morgan fingerprint density at radius 1 is 1.19 bits per heavy atom. The van der Waals surface area contributed by atoms with Crippen molar-refractivity contribution in [1.82, 2.24) is 10.9 Å². The summed E-state index contributed by atoms with van der Waals surface area (Å²) in [6, 6.07) is 12.7. The smallest absolute Gasteiger partial charge is 0.282 e. The molecule has 1 unspecified atom stereocenters. The predicted molar refractivity (Wildman–Crippen MR) is 93.9 cm³/mol. The molecule has 2 amide bonds. The van der Waals surface area contributed by atoms with Crippen LogP contribution in [0.1, 0.15) is 17.5 Å². The van der Waals surface area contributed by atoms with E-state index < -0.39 is 17.8 Å². The van der Waals surface area contributed by atoms with Gasteiger partial charge in [0.05, 0.1) is 12.1 Å². The van der Waals surface area contributed by atoms with Crippen LogP contribution in [0.3, 0.4) is 0 Å². The van der Waals surface area contributed by atoms with Gasteiger partial charge in [0.15, 0.2) is 0 Å². The van der Waals surface area contributed by atoms with E-state index in [1.54, 1.807) is 36.4 Å². The SMILES string of the molecule is O=C(Cc1ccc(Cl)cc1)NNC(=O)C1CC(c2cccc(F)c2)=NO1. The third-order valence-electron chi connectivity index (χ3n) is 3.72. The van der Waals surface area contributed by atoms with E-state index in [0.717, 1.165) is 5.56 Å². The monoisotopic (exact) mass is 375 g/mol. The minimum atomic E-state index is -0.885. The second kappa shape index (κ2) is 7.97. The largest absolute Gasteiger partial charge is 0.382 e. The molecule has 0 fully saturated rings. The summed E-state index contributed by atoms with van der Waals surface area (Å²) in [4.78, 5) is 29.0. The highest BCUT2D eigenvalue weighted by atomic mass is 35.5. The number of amides is 2. The molecule has 0 bridgehead atoms. The maximum absolute atomic E-state index is 13.3. The van der Waals surface area contributed by atoms with Crippen LogP contribution in [0.4, 0.5) is 4.39 Å². The zero-order valence-electron chi connectivity index (χ0n) is 13.5. The molecule has 0 radical (unpaired) electrons. The molecule has 0 saturated heterocycles. The van der Waals surface area contributed by atoms with E-state index in [1.165, 1.54) is 12.1 Å². The lowest BCUT2D eigenvalue weighted by Crippen LogP contribution is -2.47. The van der Waals surface area contributed by atoms with Crippen molar-refractivity contribution in [2.45, 2.75) is 18.9 Å². The highest BCUT2D eigenvalue weighted by Crippen LogP contribution is 2.17. The van der Waals surface area contributed by atoms with Crippen molar-refractivity contribution in [2.24, 2.45) is 5.16 Å². The Labute approximate surface area is 153 Å². The van der Waals surface area contributed by atoms with Crippen LogP contribution < -0.4 is 10.9 Å². The summed E-state index contributed by atoms with van der Waals surface area (Å²) in [5.41, 5.74) is 6.40. The molecule has 1 atom stereocenters. The highest BCUT2D eigenvalue weighted by Gasteiger charge is 2.29. The van der Waals surface area contributed by atoms with Crippen LogP contribution in [0.5, 0.6) is 0 Å². The minimum absolute atomic E-state index is 0.0913. The summed E-state index contributed by atoms with van der Waals surface area (Å²) in [7, 11) is 0. The topological polar surface area (TPSA) is 79.8 Å². The van der Waals surface area contributed by atoms with Gasteiger partial charge in [0.25, 0.3) is 5.91 Å². The molecule has 1 heterocycles. The maximum atomic E-state index is 13.3. The summed E-state index contributed by atoms with van der Waals surface area (Å²) in [5, 5.41) is 4.40. The molecule has 0 spiro atoms. The number of nitrogens with zero attached hydrogens (tertiary/aromatic N) is 1. The van der Waals surface area contributed by atoms with Gasteiger partial charge in [0, 0.05) is 17.0 Å². The lowest BCUT2D eigenvalue weighted by Gasteiger charge is -2.10. The molecular formula is C18H15ClFN3O3. The highest BCUT2D eigenvalue weighted by molar-refractivity contribution is 6.30. The number of hydrazine groups is 1. The summed E-state index contributed by atoms with van der Waals surface area (Å²) in [6.07, 6.45) is -0.611. The van der Waals surface area contributed by atoms with Gasteiger partial charge >= 0.3 is 0 Å². The third-order valence-corrected chi connectivity index (χ3v) is 3.97. The molecule has 1 aliphatic rings. The van der Waals surface area contributed by atoms with Crippen LogP contribution >= 0.6 is 11.6 Å². The Kier molecular flexibility index (Phi) is 5.48. The van der Waals surface area contributed by atoms with Crippen molar-refractivity contribution in [3.63, 3.8) is 0 Å². The van der Waals surface area contributed by atoms with Gasteiger partial charge in [-0.1, -0.05) is 41.0 Å². The van der Waals surface area contributed by atoms with Gasteiger partial charge < -0.3 is 4.84 Å². The molecule has 0 aliphatic carbocycles. The molecule has 3 rings (SSSR count). The van der Waals surface area contributed by atoms with Crippen molar-refractivity contribution >= 4 is 29.1 Å². The molecule has 134 valence electrons. The van der Waals surface area contributed by atoms with Crippen molar-refractivity contribution in [3.8, 4) is 0 Å². The fourth-order valence-electron chi connectivity index (χ4n) is 2.40. The first-order valence-corrected chi connectivity index (χ1v) is 8.21. The van der Waals surface area contributed by atoms with Gasteiger partial charge in [-0.15, -0.1) is 0 Å². The van der Waals surface area contributed by atoms with Crippen LogP contribution in [0.2, 0.25) is 5.02 Å². The summed E-state index contributed by atoms with van der Waals surface area (Å²) >= 11 is 5.79. The lowest BCUT2D eigenvalue weighted by molar-refractivity contribution is -0.135. The number of rotatable bonds is 4. The Morgan fingerprint density at radius 2 is 1.96 bits per heavy atom. The van der Waals surface area contributed by atoms with E-state index in [9.17, 15) is 14.0 Å². The van der Waals surface area contributed by atoms with Crippen LogP contribution in [-0.2, 0) is 20.8 Å². The van der Waals surface area contributed by atoms with Crippen LogP contribution in [0, 0.1) is 5.82 Å². The van der Waals surface area contributed by atoms with Crippen molar-refractivity contribution in [2.75, 3.05) is 0 Å². The molecule has 2 N–H and O–H groups in total. The minimum Gasteiger partial charge on any atom is -0.382 e. The van der Waals surface area contributed by atoms with E-state index in [0.29, 0.717) is 16.3 Å². The average Bonchev–Trinajstić information content (AvgIpc) is 3.12. The van der Waals surface area contributed by atoms with Gasteiger partial charge in [-0.25, -0.2) is 4.39 Å². The number of oxime groups is 1. The normalized spacial score (nSPS) is 15.8. The fourth-order valence-corrected chi connectivity index (χ4v) is 2.53. The van der Waals surface area contributed by atoms with Gasteiger partial charge in [-0.2, -0.15) is 0 Å². The summed E-state index contributed by atoms with van der Waals surface area (Å²) < 4.78 is 13.3. The molecule has 2 aromatic carbocycles. The van der Waals surface area contributed by atoms with E-state index >= 15 is 0 Å². The van der Waals surface area contributed by atoms with Gasteiger partial charge in [0.2, 0.25) is 12.0 Å². The van der Waals surface area contributed by atoms with E-state index in [-0.39, 0.29) is 18.7 Å². The number of nitrogens with one attached hydrogen (secondary N) is 2. The number of halogens is 2. The molecule has 6 nitrogen and oxygen atoms in total. The first kappa shape index (κ1) is 17.9. The fraction of sp³-hybridized carbons (Fsp3) is 0.167. The molecule has 1 aliphatic heterocycles. The standard InChI is InChI=1S/C18H15ClFN3O3/c19-13-6-4-11(5-7-13)8-17(24)21-22-18(25)16-10-15(23-26-16)12-2-1-3-14(20)9-12/h1-7,9,16H,8,10H2,(H,21,24)(H,22,25). The summed E-state index contributed by atoms with van der Waals surface area (Å²) in [6.45, 7) is 0. The van der Waals surface area contributed by atoms with Gasteiger partial charge in [-0.3, -0.25) is 20.4 Å². The molecule has 26 heavy (non-hydrogen) atoms. The zero-order valence-corrected chi connectivity index (χ0v) is 14.3. The van der Waals surface area contributed by atoms with E-state index in [4.69, 9.17) is 16.4 Å². The number of carbonyl (C=O) groups excluding carboxylic acids is 2. The molecule has 8 heteroatoms. The average molecular weight is 376 g/mol. The van der Waals surface area contributed by atoms with Crippen molar-refractivity contribution in [3.05, 3.63) is 70.5 Å². The maximum Gasteiger partial charge on any atom is 0.282 e. The molecule has 2 aromatic rings. The molecular weight excluding hydrogens is 361 g/mol. The van der Waals surface area contributed by atoms with Crippen molar-refractivity contribution < 1.29 is 18.8 Å². The summed E-state index contributed by atoms with van der Waals surface area (Å²) in [5.74, 6) is -1.32. The molecule has 0 saturated carbocycles. The van der Waals surface area contributed by atoms with Gasteiger partial charge in [-0.05, 0) is 29.8 Å². The van der Waals surface area contributed by atoms with Crippen LogP contribution in [-0.4, -0.2) is 23.6 Å². The Morgan fingerprint density at radius 3 is 2.69 bits per heavy atom. The Balaban J connectivity index is 1.47. The Bertz CT molecular complexity index is 855. The number of carbonyl (C=O) groups is 2. The lowest BCUT2D eigenvalue weighted by atomic mass is 10.0. The number of hydrogen-bond acceptors (Lipinski definition) is 4. The third kappa shape index (κ3) is 4.58. The second-order valence-electron chi connectivity index (χ2n) is 5.69.